The van der Waals surface area contributed by atoms with E-state index in [9.17, 15) is 8.42 Å². The summed E-state index contributed by atoms with van der Waals surface area (Å²) in [6, 6.07) is 0. The number of rotatable bonds is 3. The first-order valence-electron chi connectivity index (χ1n) is 6.42. The smallest absolute Gasteiger partial charge is 0.282 e. The monoisotopic (exact) mass is 312 g/mol. The molecule has 2 aliphatic rings. The van der Waals surface area contributed by atoms with Gasteiger partial charge in [-0.2, -0.15) is 17.0 Å². The predicted octanol–water partition coefficient (Wildman–Crippen LogP) is 0.282. The van der Waals surface area contributed by atoms with Crippen LogP contribution in [0.3, 0.4) is 0 Å². The van der Waals surface area contributed by atoms with E-state index in [4.69, 9.17) is 21.1 Å². The number of hydrogen-bond donors (Lipinski definition) is 0. The highest BCUT2D eigenvalue weighted by molar-refractivity contribution is 7.86. The minimum atomic E-state index is -3.45. The molecule has 112 valence electrons. The molecule has 19 heavy (non-hydrogen) atoms. The molecule has 2 saturated heterocycles. The number of alkyl halides is 1. The van der Waals surface area contributed by atoms with Gasteiger partial charge in [0.2, 0.25) is 0 Å². The van der Waals surface area contributed by atoms with Gasteiger partial charge in [-0.25, -0.2) is 0 Å². The Kier molecular flexibility index (Phi) is 4.75. The fourth-order valence-corrected chi connectivity index (χ4v) is 4.37. The van der Waals surface area contributed by atoms with E-state index < -0.39 is 15.8 Å². The van der Waals surface area contributed by atoms with Crippen molar-refractivity contribution in [3.63, 3.8) is 0 Å². The molecular formula is C11H21ClN2O4S. The summed E-state index contributed by atoms with van der Waals surface area (Å²) < 4.78 is 39.1. The minimum Gasteiger partial charge on any atom is -0.379 e. The Morgan fingerprint density at radius 3 is 2.47 bits per heavy atom. The Hall–Kier alpha value is 0.0800. The Morgan fingerprint density at radius 1 is 1.26 bits per heavy atom. The molecule has 0 N–H and O–H groups in total. The third-order valence-electron chi connectivity index (χ3n) is 3.24. The van der Waals surface area contributed by atoms with E-state index in [0.717, 1.165) is 0 Å². The van der Waals surface area contributed by atoms with Crippen molar-refractivity contribution >= 4 is 21.8 Å². The highest BCUT2D eigenvalue weighted by Crippen LogP contribution is 2.25. The van der Waals surface area contributed by atoms with Crippen LogP contribution in [0.4, 0.5) is 0 Å². The van der Waals surface area contributed by atoms with Crippen LogP contribution in [0, 0.1) is 0 Å². The summed E-state index contributed by atoms with van der Waals surface area (Å²) in [5.41, 5.74) is -0.517. The summed E-state index contributed by atoms with van der Waals surface area (Å²) in [4.78, 5) is 0. The van der Waals surface area contributed by atoms with Crippen molar-refractivity contribution in [3.8, 4) is 0 Å². The van der Waals surface area contributed by atoms with Crippen molar-refractivity contribution in [3.05, 3.63) is 0 Å². The van der Waals surface area contributed by atoms with E-state index in [-0.39, 0.29) is 6.10 Å². The zero-order valence-electron chi connectivity index (χ0n) is 11.3. The van der Waals surface area contributed by atoms with Gasteiger partial charge in [-0.3, -0.25) is 0 Å². The van der Waals surface area contributed by atoms with Crippen molar-refractivity contribution in [2.24, 2.45) is 0 Å². The first-order valence-corrected chi connectivity index (χ1v) is 8.35. The van der Waals surface area contributed by atoms with Crippen LogP contribution in [0.15, 0.2) is 0 Å². The lowest BCUT2D eigenvalue weighted by Gasteiger charge is -2.43. The Balaban J connectivity index is 2.14. The van der Waals surface area contributed by atoms with E-state index in [1.54, 1.807) is 0 Å². The molecule has 0 amide bonds. The number of ether oxygens (including phenoxy) is 2. The van der Waals surface area contributed by atoms with Crippen LogP contribution in [-0.2, 0) is 19.7 Å². The molecule has 2 fully saturated rings. The van der Waals surface area contributed by atoms with Gasteiger partial charge in [0, 0.05) is 32.1 Å². The third kappa shape index (κ3) is 3.59. The summed E-state index contributed by atoms with van der Waals surface area (Å²) in [5.74, 6) is 0.290. The zero-order valence-corrected chi connectivity index (χ0v) is 12.9. The molecule has 0 saturated carbocycles. The maximum atomic E-state index is 12.6. The summed E-state index contributed by atoms with van der Waals surface area (Å²) in [6.45, 7) is 6.14. The summed E-state index contributed by atoms with van der Waals surface area (Å²) in [6.07, 6.45) is -0.263. The van der Waals surface area contributed by atoms with Gasteiger partial charge >= 0.3 is 0 Å². The molecule has 0 aromatic heterocycles. The Morgan fingerprint density at radius 2 is 1.89 bits per heavy atom. The molecule has 0 bridgehead atoms. The van der Waals surface area contributed by atoms with E-state index in [1.807, 2.05) is 13.8 Å². The molecular weight excluding hydrogens is 292 g/mol. The van der Waals surface area contributed by atoms with Crippen molar-refractivity contribution in [1.29, 1.82) is 0 Å². The van der Waals surface area contributed by atoms with Crippen molar-refractivity contribution < 1.29 is 17.9 Å². The van der Waals surface area contributed by atoms with Gasteiger partial charge in [0.1, 0.15) is 0 Å². The molecule has 6 nitrogen and oxygen atoms in total. The second kappa shape index (κ2) is 5.83. The van der Waals surface area contributed by atoms with Gasteiger partial charge in [-0.1, -0.05) is 0 Å². The highest BCUT2D eigenvalue weighted by atomic mass is 35.5. The fraction of sp³-hybridized carbons (Fsp3) is 1.00. The average molecular weight is 313 g/mol. The number of halogens is 1. The van der Waals surface area contributed by atoms with Crippen LogP contribution in [0.2, 0.25) is 0 Å². The Labute approximate surface area is 119 Å². The SMILES string of the molecule is CC1(C)CN(S(=O)(=O)N2CCOCC2)CC(CCl)O1. The predicted molar refractivity (Wildman–Crippen MR) is 72.6 cm³/mol. The van der Waals surface area contributed by atoms with Gasteiger partial charge < -0.3 is 9.47 Å². The molecule has 2 rings (SSSR count). The maximum absolute atomic E-state index is 12.6. The molecule has 2 heterocycles. The summed E-state index contributed by atoms with van der Waals surface area (Å²) in [7, 11) is -3.45. The molecule has 0 aromatic rings. The molecule has 1 unspecified atom stereocenters. The van der Waals surface area contributed by atoms with Crippen LogP contribution in [-0.4, -0.2) is 74.0 Å². The largest absolute Gasteiger partial charge is 0.379 e. The van der Waals surface area contributed by atoms with Gasteiger partial charge in [-0.05, 0) is 13.8 Å². The summed E-state index contributed by atoms with van der Waals surface area (Å²) in [5, 5.41) is 0. The lowest BCUT2D eigenvalue weighted by Crippen LogP contribution is -2.59. The molecule has 0 radical (unpaired) electrons. The Bertz CT molecular complexity index is 409. The summed E-state index contributed by atoms with van der Waals surface area (Å²) >= 11 is 5.83. The second-order valence-electron chi connectivity index (χ2n) is 5.47. The highest BCUT2D eigenvalue weighted by Gasteiger charge is 2.41. The average Bonchev–Trinajstić information content (AvgIpc) is 2.37. The molecule has 0 aromatic carbocycles. The van der Waals surface area contributed by atoms with Gasteiger partial charge in [-0.15, -0.1) is 11.6 Å². The second-order valence-corrected chi connectivity index (χ2v) is 7.70. The number of nitrogens with zero attached hydrogens (tertiary/aromatic N) is 2. The van der Waals surface area contributed by atoms with Crippen molar-refractivity contribution in [2.45, 2.75) is 25.6 Å². The topological polar surface area (TPSA) is 59.1 Å². The lowest BCUT2D eigenvalue weighted by atomic mass is 10.1. The fourth-order valence-electron chi connectivity index (χ4n) is 2.44. The van der Waals surface area contributed by atoms with Crippen LogP contribution < -0.4 is 0 Å². The van der Waals surface area contributed by atoms with E-state index in [0.29, 0.717) is 45.3 Å². The zero-order chi connectivity index (χ0) is 14.1. The van der Waals surface area contributed by atoms with Gasteiger partial charge in [0.25, 0.3) is 10.2 Å². The van der Waals surface area contributed by atoms with E-state index in [2.05, 4.69) is 0 Å². The minimum absolute atomic E-state index is 0.263. The molecule has 2 aliphatic heterocycles. The number of hydrogen-bond acceptors (Lipinski definition) is 4. The van der Waals surface area contributed by atoms with Crippen LogP contribution in [0.25, 0.3) is 0 Å². The molecule has 0 spiro atoms. The first-order chi connectivity index (χ1) is 8.85. The van der Waals surface area contributed by atoms with Crippen molar-refractivity contribution in [2.75, 3.05) is 45.3 Å². The quantitative estimate of drug-likeness (QED) is 0.703. The lowest BCUT2D eigenvalue weighted by molar-refractivity contribution is -0.109. The first kappa shape index (κ1) is 15.5. The van der Waals surface area contributed by atoms with E-state index in [1.165, 1.54) is 8.61 Å². The van der Waals surface area contributed by atoms with Crippen molar-refractivity contribution in [1.82, 2.24) is 8.61 Å². The molecule has 8 heteroatoms. The van der Waals surface area contributed by atoms with Gasteiger partial charge in [0.15, 0.2) is 0 Å². The number of morpholine rings is 2. The van der Waals surface area contributed by atoms with Crippen LogP contribution in [0.1, 0.15) is 13.8 Å². The molecule has 0 aliphatic carbocycles. The van der Waals surface area contributed by atoms with E-state index >= 15 is 0 Å². The van der Waals surface area contributed by atoms with Crippen LogP contribution >= 0.6 is 11.6 Å². The maximum Gasteiger partial charge on any atom is 0.282 e. The third-order valence-corrected chi connectivity index (χ3v) is 5.54. The molecule has 1 atom stereocenters. The standard InChI is InChI=1S/C11H21ClN2O4S/c1-11(2)9-14(8-10(7-12)18-11)19(15,16)13-3-5-17-6-4-13/h10H,3-9H2,1-2H3. The van der Waals surface area contributed by atoms with Gasteiger partial charge in [0.05, 0.1) is 24.9 Å². The normalized spacial score (nSPS) is 30.4. The van der Waals surface area contributed by atoms with Crippen LogP contribution in [0.5, 0.6) is 0 Å².